The van der Waals surface area contributed by atoms with E-state index in [1.807, 2.05) is 10.6 Å². The van der Waals surface area contributed by atoms with E-state index in [-0.39, 0.29) is 12.4 Å². The van der Waals surface area contributed by atoms with E-state index in [0.717, 1.165) is 24.5 Å². The average Bonchev–Trinajstić information content (AvgIpc) is 2.92. The molecule has 3 rings (SSSR count). The maximum Gasteiger partial charge on any atom is 0.147 e. The van der Waals surface area contributed by atoms with Crippen molar-refractivity contribution in [2.24, 2.45) is 0 Å². The summed E-state index contributed by atoms with van der Waals surface area (Å²) in [5.74, 6) is 5.89. The number of hydrogen-bond acceptors (Lipinski definition) is 4. The monoisotopic (exact) mass is 286 g/mol. The molecule has 0 spiro atoms. The highest BCUT2D eigenvalue weighted by Gasteiger charge is 2.17. The van der Waals surface area contributed by atoms with Gasteiger partial charge in [0, 0.05) is 25.2 Å². The van der Waals surface area contributed by atoms with Crippen LogP contribution in [0.1, 0.15) is 17.0 Å². The molecule has 0 atom stereocenters. The second-order valence-electron chi connectivity index (χ2n) is 4.96. The highest BCUT2D eigenvalue weighted by atomic mass is 19.1. The minimum absolute atomic E-state index is 0.229. The summed E-state index contributed by atoms with van der Waals surface area (Å²) in [6.07, 6.45) is 1.73. The summed E-state index contributed by atoms with van der Waals surface area (Å²) in [5.41, 5.74) is 1.45. The van der Waals surface area contributed by atoms with Crippen LogP contribution in [-0.4, -0.2) is 37.9 Å². The molecule has 2 heterocycles. The van der Waals surface area contributed by atoms with Gasteiger partial charge in [-0.25, -0.2) is 4.39 Å². The van der Waals surface area contributed by atoms with E-state index < -0.39 is 0 Å². The van der Waals surface area contributed by atoms with E-state index in [2.05, 4.69) is 26.9 Å². The molecule has 1 N–H and O–H groups in total. The maximum atomic E-state index is 13.6. The van der Waals surface area contributed by atoms with Gasteiger partial charge in [-0.2, -0.15) is 0 Å². The third-order valence-corrected chi connectivity index (χ3v) is 3.39. The van der Waals surface area contributed by atoms with Gasteiger partial charge >= 0.3 is 0 Å². The molecule has 0 saturated carbocycles. The van der Waals surface area contributed by atoms with Crippen molar-refractivity contribution in [1.82, 2.24) is 19.7 Å². The maximum absolute atomic E-state index is 13.6. The van der Waals surface area contributed by atoms with Crippen LogP contribution in [0.2, 0.25) is 0 Å². The molecule has 0 aliphatic carbocycles. The number of nitrogens with zero attached hydrogens (tertiary/aromatic N) is 4. The van der Waals surface area contributed by atoms with Crippen molar-refractivity contribution < 1.29 is 9.50 Å². The molecule has 0 fully saturated rings. The molecule has 2 aromatic rings. The van der Waals surface area contributed by atoms with Crippen molar-refractivity contribution in [3.05, 3.63) is 47.3 Å². The van der Waals surface area contributed by atoms with Gasteiger partial charge in [-0.15, -0.1) is 10.2 Å². The van der Waals surface area contributed by atoms with Crippen LogP contribution in [-0.2, 0) is 19.6 Å². The number of aromatic nitrogens is 3. The summed E-state index contributed by atoms with van der Waals surface area (Å²) in [6.45, 7) is 2.83. The minimum Gasteiger partial charge on any atom is -0.384 e. The van der Waals surface area contributed by atoms with Crippen LogP contribution in [0.3, 0.4) is 0 Å². The SMILES string of the molecule is OCC#Cc1cc(F)cc(CN2CCn3cnnc3C2)c1. The van der Waals surface area contributed by atoms with Crippen LogP contribution in [0.5, 0.6) is 0 Å². The molecule has 0 radical (unpaired) electrons. The lowest BCUT2D eigenvalue weighted by molar-refractivity contribution is 0.208. The molecule has 0 amide bonds. The van der Waals surface area contributed by atoms with Gasteiger partial charge in [0.25, 0.3) is 0 Å². The van der Waals surface area contributed by atoms with Crippen LogP contribution >= 0.6 is 0 Å². The van der Waals surface area contributed by atoms with E-state index >= 15 is 0 Å². The molecule has 1 aliphatic rings. The average molecular weight is 286 g/mol. The zero-order chi connectivity index (χ0) is 14.7. The third-order valence-electron chi connectivity index (χ3n) is 3.39. The van der Waals surface area contributed by atoms with Gasteiger partial charge in [0.15, 0.2) is 0 Å². The van der Waals surface area contributed by atoms with E-state index in [1.54, 1.807) is 6.33 Å². The largest absolute Gasteiger partial charge is 0.384 e. The van der Waals surface area contributed by atoms with Gasteiger partial charge in [-0.05, 0) is 23.8 Å². The summed E-state index contributed by atoms with van der Waals surface area (Å²) in [6, 6.07) is 4.74. The minimum atomic E-state index is -0.310. The fourth-order valence-corrected chi connectivity index (χ4v) is 2.46. The highest BCUT2D eigenvalue weighted by Crippen LogP contribution is 2.15. The second kappa shape index (κ2) is 6.04. The standard InChI is InChI=1S/C15H15FN4O/c16-14-7-12(2-1-5-21)6-13(8-14)9-19-3-4-20-11-17-18-15(20)10-19/h6-8,11,21H,3-5,9-10H2. The predicted molar refractivity (Wildman–Crippen MR) is 74.5 cm³/mol. The first-order chi connectivity index (χ1) is 10.2. The molecule has 0 saturated heterocycles. The van der Waals surface area contributed by atoms with Crippen LogP contribution in [0, 0.1) is 17.7 Å². The molecule has 1 aromatic heterocycles. The van der Waals surface area contributed by atoms with Gasteiger partial charge in [-0.1, -0.05) is 11.8 Å². The molecule has 1 aliphatic heterocycles. The normalized spacial score (nSPS) is 14.4. The number of benzene rings is 1. The Kier molecular flexibility index (Phi) is 3.95. The molecule has 1 aromatic carbocycles. The molecule has 21 heavy (non-hydrogen) atoms. The Morgan fingerprint density at radius 3 is 3.05 bits per heavy atom. The number of hydrogen-bond donors (Lipinski definition) is 1. The van der Waals surface area contributed by atoms with Crippen molar-refractivity contribution >= 4 is 0 Å². The Labute approximate surface area is 122 Å². The predicted octanol–water partition coefficient (Wildman–Crippen LogP) is 0.777. The Hall–Kier alpha value is -2.23. The van der Waals surface area contributed by atoms with Crippen molar-refractivity contribution in [2.45, 2.75) is 19.6 Å². The highest BCUT2D eigenvalue weighted by molar-refractivity contribution is 5.37. The number of rotatable bonds is 2. The molecule has 5 nitrogen and oxygen atoms in total. The lowest BCUT2D eigenvalue weighted by Gasteiger charge is -2.26. The summed E-state index contributed by atoms with van der Waals surface area (Å²) in [4.78, 5) is 2.20. The van der Waals surface area contributed by atoms with Gasteiger partial charge < -0.3 is 9.67 Å². The molecule has 108 valence electrons. The van der Waals surface area contributed by atoms with Crippen LogP contribution in [0.4, 0.5) is 4.39 Å². The summed E-state index contributed by atoms with van der Waals surface area (Å²) in [5, 5.41) is 16.7. The summed E-state index contributed by atoms with van der Waals surface area (Å²) in [7, 11) is 0. The van der Waals surface area contributed by atoms with Crippen molar-refractivity contribution in [3.63, 3.8) is 0 Å². The third kappa shape index (κ3) is 3.27. The van der Waals surface area contributed by atoms with Gasteiger partial charge in [0.2, 0.25) is 0 Å². The summed E-state index contributed by atoms with van der Waals surface area (Å²) >= 11 is 0. The molecule has 0 unspecified atom stereocenters. The first-order valence-electron chi connectivity index (χ1n) is 6.73. The number of fused-ring (bicyclic) bond motifs is 1. The van der Waals surface area contributed by atoms with Gasteiger partial charge in [0.1, 0.15) is 24.6 Å². The Bertz CT molecular complexity index is 701. The lowest BCUT2D eigenvalue weighted by atomic mass is 10.1. The fraction of sp³-hybridized carbons (Fsp3) is 0.333. The Morgan fingerprint density at radius 2 is 2.19 bits per heavy atom. The van der Waals surface area contributed by atoms with E-state index in [9.17, 15) is 4.39 Å². The molecule has 0 bridgehead atoms. The number of aliphatic hydroxyl groups excluding tert-OH is 1. The van der Waals surface area contributed by atoms with Crippen molar-refractivity contribution in [1.29, 1.82) is 0 Å². The number of aliphatic hydroxyl groups is 1. The van der Waals surface area contributed by atoms with Crippen LogP contribution in [0.15, 0.2) is 24.5 Å². The quantitative estimate of drug-likeness (QED) is 0.829. The van der Waals surface area contributed by atoms with E-state index in [0.29, 0.717) is 18.7 Å². The van der Waals surface area contributed by atoms with Gasteiger partial charge in [-0.3, -0.25) is 4.90 Å². The first-order valence-corrected chi connectivity index (χ1v) is 6.73. The zero-order valence-electron chi connectivity index (χ0n) is 11.5. The van der Waals surface area contributed by atoms with Crippen LogP contribution in [0.25, 0.3) is 0 Å². The smallest absolute Gasteiger partial charge is 0.147 e. The van der Waals surface area contributed by atoms with Crippen molar-refractivity contribution in [2.75, 3.05) is 13.2 Å². The molecular formula is C15H15FN4O. The van der Waals surface area contributed by atoms with E-state index in [1.165, 1.54) is 12.1 Å². The zero-order valence-corrected chi connectivity index (χ0v) is 11.5. The van der Waals surface area contributed by atoms with Crippen molar-refractivity contribution in [3.8, 4) is 11.8 Å². The molecular weight excluding hydrogens is 271 g/mol. The Balaban J connectivity index is 1.75. The fourth-order valence-electron chi connectivity index (χ4n) is 2.46. The lowest BCUT2D eigenvalue weighted by Crippen LogP contribution is -2.33. The van der Waals surface area contributed by atoms with E-state index in [4.69, 9.17) is 5.11 Å². The number of halogens is 1. The second-order valence-corrected chi connectivity index (χ2v) is 4.96. The van der Waals surface area contributed by atoms with Crippen LogP contribution < -0.4 is 0 Å². The first kappa shape index (κ1) is 13.7. The molecule has 6 heteroatoms. The van der Waals surface area contributed by atoms with Gasteiger partial charge in [0.05, 0.1) is 6.54 Å². The Morgan fingerprint density at radius 1 is 1.29 bits per heavy atom. The topological polar surface area (TPSA) is 54.2 Å². The summed E-state index contributed by atoms with van der Waals surface area (Å²) < 4.78 is 15.7.